The second kappa shape index (κ2) is 6.96. The Labute approximate surface area is 127 Å². The minimum Gasteiger partial charge on any atom is -0.444 e. The average Bonchev–Trinajstić information content (AvgIpc) is 3.07. The molecule has 2 rings (SSSR count). The number of aliphatic imine (C=N–C) groups is 1. The molecule has 0 bridgehead atoms. The van der Waals surface area contributed by atoms with Crippen LogP contribution in [0.3, 0.4) is 0 Å². The van der Waals surface area contributed by atoms with Gasteiger partial charge in [0.25, 0.3) is 0 Å². The van der Waals surface area contributed by atoms with Crippen LogP contribution in [0, 0.1) is 19.3 Å². The van der Waals surface area contributed by atoms with Gasteiger partial charge in [-0.15, -0.1) is 0 Å². The molecule has 1 saturated carbocycles. The quantitative estimate of drug-likeness (QED) is 0.647. The van der Waals surface area contributed by atoms with Crippen LogP contribution in [0.2, 0.25) is 0 Å². The second-order valence-electron chi connectivity index (χ2n) is 6.09. The third kappa shape index (κ3) is 3.99. The third-order valence-corrected chi connectivity index (χ3v) is 4.75. The van der Waals surface area contributed by atoms with E-state index in [0.717, 1.165) is 24.0 Å². The first-order valence-electron chi connectivity index (χ1n) is 7.96. The predicted molar refractivity (Wildman–Crippen MR) is 85.4 cm³/mol. The second-order valence-corrected chi connectivity index (χ2v) is 6.09. The van der Waals surface area contributed by atoms with Gasteiger partial charge in [0.2, 0.25) is 5.89 Å². The van der Waals surface area contributed by atoms with Gasteiger partial charge in [-0.05, 0) is 38.5 Å². The van der Waals surface area contributed by atoms with Crippen molar-refractivity contribution in [3.05, 3.63) is 17.3 Å². The molecule has 1 heterocycles. The molecule has 0 saturated heterocycles. The van der Waals surface area contributed by atoms with E-state index in [0.29, 0.717) is 17.9 Å². The summed E-state index contributed by atoms with van der Waals surface area (Å²) in [4.78, 5) is 8.66. The fourth-order valence-electron chi connectivity index (χ4n) is 3.05. The number of aryl methyl sites for hydroxylation is 2. The van der Waals surface area contributed by atoms with Crippen LogP contribution < -0.4 is 10.6 Å². The number of nitrogens with one attached hydrogen (secondary N) is 2. The Balaban J connectivity index is 1.83. The standard InChI is InChI=1S/C16H28N4O/c1-5-16(8-6-7-9-16)11-19-15(17-4)18-10-14-20-12(2)13(3)21-14/h5-11H2,1-4H3,(H2,17,18,19). The van der Waals surface area contributed by atoms with Crippen molar-refractivity contribution in [2.75, 3.05) is 13.6 Å². The highest BCUT2D eigenvalue weighted by atomic mass is 16.4. The Morgan fingerprint density at radius 2 is 2.00 bits per heavy atom. The van der Waals surface area contributed by atoms with Crippen molar-refractivity contribution in [2.45, 2.75) is 59.4 Å². The van der Waals surface area contributed by atoms with Crippen LogP contribution >= 0.6 is 0 Å². The van der Waals surface area contributed by atoms with Gasteiger partial charge in [0.15, 0.2) is 5.96 Å². The summed E-state index contributed by atoms with van der Waals surface area (Å²) < 4.78 is 5.57. The van der Waals surface area contributed by atoms with Gasteiger partial charge >= 0.3 is 0 Å². The zero-order chi connectivity index (χ0) is 15.3. The Kier molecular flexibility index (Phi) is 5.26. The molecule has 118 valence electrons. The van der Waals surface area contributed by atoms with Gasteiger partial charge in [-0.2, -0.15) is 0 Å². The monoisotopic (exact) mass is 292 g/mol. The molecule has 1 aliphatic rings. The van der Waals surface area contributed by atoms with Gasteiger partial charge in [0, 0.05) is 13.6 Å². The van der Waals surface area contributed by atoms with Crippen molar-refractivity contribution >= 4 is 5.96 Å². The molecular formula is C16H28N4O. The lowest BCUT2D eigenvalue weighted by molar-refractivity contribution is 0.283. The van der Waals surface area contributed by atoms with Crippen LogP contribution in [0.15, 0.2) is 9.41 Å². The topological polar surface area (TPSA) is 62.5 Å². The lowest BCUT2D eigenvalue weighted by atomic mass is 9.83. The minimum atomic E-state index is 0.452. The number of hydrogen-bond acceptors (Lipinski definition) is 3. The molecule has 1 aromatic heterocycles. The first-order chi connectivity index (χ1) is 10.1. The highest BCUT2D eigenvalue weighted by Crippen LogP contribution is 2.40. The maximum absolute atomic E-state index is 5.57. The molecule has 1 aromatic rings. The lowest BCUT2D eigenvalue weighted by Gasteiger charge is -2.28. The first-order valence-corrected chi connectivity index (χ1v) is 7.96. The van der Waals surface area contributed by atoms with Crippen LogP contribution in [-0.4, -0.2) is 24.5 Å². The van der Waals surface area contributed by atoms with Gasteiger partial charge in [-0.3, -0.25) is 4.99 Å². The Morgan fingerprint density at radius 3 is 2.52 bits per heavy atom. The summed E-state index contributed by atoms with van der Waals surface area (Å²) in [7, 11) is 1.80. The Hall–Kier alpha value is -1.52. The van der Waals surface area contributed by atoms with E-state index < -0.39 is 0 Å². The molecule has 5 heteroatoms. The van der Waals surface area contributed by atoms with Crippen molar-refractivity contribution in [2.24, 2.45) is 10.4 Å². The number of aromatic nitrogens is 1. The Morgan fingerprint density at radius 1 is 1.29 bits per heavy atom. The average molecular weight is 292 g/mol. The molecule has 5 nitrogen and oxygen atoms in total. The number of rotatable bonds is 5. The zero-order valence-electron chi connectivity index (χ0n) is 13.8. The maximum atomic E-state index is 5.57. The fourth-order valence-corrected chi connectivity index (χ4v) is 3.05. The van der Waals surface area contributed by atoms with E-state index >= 15 is 0 Å². The van der Waals surface area contributed by atoms with E-state index in [-0.39, 0.29) is 0 Å². The number of oxazole rings is 1. The lowest BCUT2D eigenvalue weighted by Crippen LogP contribution is -2.42. The highest BCUT2D eigenvalue weighted by molar-refractivity contribution is 5.79. The minimum absolute atomic E-state index is 0.452. The van der Waals surface area contributed by atoms with Crippen LogP contribution in [0.25, 0.3) is 0 Å². The molecule has 21 heavy (non-hydrogen) atoms. The number of hydrogen-bond donors (Lipinski definition) is 2. The SMILES string of the molecule is CCC1(CNC(=NC)NCc2nc(C)c(C)o2)CCCC1. The van der Waals surface area contributed by atoms with Crippen molar-refractivity contribution in [1.29, 1.82) is 0 Å². The molecule has 0 aliphatic heterocycles. The summed E-state index contributed by atoms with van der Waals surface area (Å²) >= 11 is 0. The Bertz CT molecular complexity index is 467. The number of guanidine groups is 1. The molecule has 0 spiro atoms. The van der Waals surface area contributed by atoms with E-state index in [1.807, 2.05) is 13.8 Å². The number of nitrogens with zero attached hydrogens (tertiary/aromatic N) is 2. The molecular weight excluding hydrogens is 264 g/mol. The van der Waals surface area contributed by atoms with Gasteiger partial charge in [-0.25, -0.2) is 4.98 Å². The molecule has 1 aliphatic carbocycles. The molecule has 0 radical (unpaired) electrons. The van der Waals surface area contributed by atoms with Gasteiger partial charge in [0.05, 0.1) is 12.2 Å². The molecule has 0 aromatic carbocycles. The van der Waals surface area contributed by atoms with Crippen molar-refractivity contribution < 1.29 is 4.42 Å². The van der Waals surface area contributed by atoms with E-state index in [4.69, 9.17) is 4.42 Å². The summed E-state index contributed by atoms with van der Waals surface area (Å²) in [6.45, 7) is 7.74. The molecule has 1 fully saturated rings. The first kappa shape index (κ1) is 15.9. The van der Waals surface area contributed by atoms with E-state index in [1.54, 1.807) is 7.05 Å². The normalized spacial score (nSPS) is 18.0. The van der Waals surface area contributed by atoms with Crippen molar-refractivity contribution in [1.82, 2.24) is 15.6 Å². The largest absolute Gasteiger partial charge is 0.444 e. The summed E-state index contributed by atoms with van der Waals surface area (Å²) in [5, 5.41) is 6.74. The molecule has 0 amide bonds. The predicted octanol–water partition coefficient (Wildman–Crippen LogP) is 2.93. The van der Waals surface area contributed by atoms with Gasteiger partial charge in [-0.1, -0.05) is 19.8 Å². The van der Waals surface area contributed by atoms with Crippen LogP contribution in [0.1, 0.15) is 56.4 Å². The smallest absolute Gasteiger partial charge is 0.214 e. The van der Waals surface area contributed by atoms with Crippen LogP contribution in [0.5, 0.6) is 0 Å². The maximum Gasteiger partial charge on any atom is 0.214 e. The fraction of sp³-hybridized carbons (Fsp3) is 0.750. The van der Waals surface area contributed by atoms with Gasteiger partial charge < -0.3 is 15.1 Å². The van der Waals surface area contributed by atoms with Crippen LogP contribution in [0.4, 0.5) is 0 Å². The molecule has 2 N–H and O–H groups in total. The van der Waals surface area contributed by atoms with Crippen molar-refractivity contribution in [3.8, 4) is 0 Å². The molecule has 0 atom stereocenters. The van der Waals surface area contributed by atoms with E-state index in [9.17, 15) is 0 Å². The van der Waals surface area contributed by atoms with Gasteiger partial charge in [0.1, 0.15) is 5.76 Å². The van der Waals surface area contributed by atoms with E-state index in [1.165, 1.54) is 32.1 Å². The summed E-state index contributed by atoms with van der Waals surface area (Å²) in [5.41, 5.74) is 1.40. The zero-order valence-corrected chi connectivity index (χ0v) is 13.8. The highest BCUT2D eigenvalue weighted by Gasteiger charge is 2.31. The molecule has 0 unspecified atom stereocenters. The van der Waals surface area contributed by atoms with Crippen molar-refractivity contribution in [3.63, 3.8) is 0 Å². The van der Waals surface area contributed by atoms with Crippen LogP contribution in [-0.2, 0) is 6.54 Å². The summed E-state index contributed by atoms with van der Waals surface area (Å²) in [6.07, 6.45) is 6.60. The summed E-state index contributed by atoms with van der Waals surface area (Å²) in [5.74, 6) is 2.41. The van der Waals surface area contributed by atoms with E-state index in [2.05, 4.69) is 27.5 Å². The summed E-state index contributed by atoms with van der Waals surface area (Å²) in [6, 6.07) is 0. The third-order valence-electron chi connectivity index (χ3n) is 4.75.